The molecule has 0 unspecified atom stereocenters. The third-order valence-corrected chi connectivity index (χ3v) is 2.01. The summed E-state index contributed by atoms with van der Waals surface area (Å²) in [6, 6.07) is 6.37. The van der Waals surface area contributed by atoms with Crippen LogP contribution in [-0.4, -0.2) is 4.98 Å². The second-order valence-electron chi connectivity index (χ2n) is 2.44. The first kappa shape index (κ1) is 10.9. The third kappa shape index (κ3) is 2.02. The molecule has 0 aliphatic carbocycles. The first-order valence-electron chi connectivity index (χ1n) is 4.48. The van der Waals surface area contributed by atoms with Crippen LogP contribution < -0.4 is 0 Å². The van der Waals surface area contributed by atoms with Crippen molar-refractivity contribution in [2.24, 2.45) is 0 Å². The number of pyridine rings is 1. The van der Waals surface area contributed by atoms with Crippen LogP contribution in [0.25, 0.3) is 10.8 Å². The highest BCUT2D eigenvalue weighted by molar-refractivity contribution is 6.34. The Bertz CT molecular complexity index is 387. The molecule has 74 valence electrons. The van der Waals surface area contributed by atoms with Gasteiger partial charge in [-0.2, -0.15) is 0 Å². The van der Waals surface area contributed by atoms with Crippen molar-refractivity contribution in [1.82, 2.24) is 4.98 Å². The fraction of sp³-hybridized carbons (Fsp3) is 0.182. The molecule has 3 heteroatoms. The molecule has 0 saturated heterocycles. The molecule has 0 fully saturated rings. The number of halogens is 2. The molecular weight excluding hydrogens is 201 g/mol. The van der Waals surface area contributed by atoms with Crippen LogP contribution in [0.3, 0.4) is 0 Å². The van der Waals surface area contributed by atoms with Gasteiger partial charge in [-0.05, 0) is 12.1 Å². The molecule has 1 nitrogen and oxygen atoms in total. The highest BCUT2D eigenvalue weighted by Gasteiger charge is 2.02. The van der Waals surface area contributed by atoms with E-state index in [1.165, 1.54) is 12.3 Å². The Labute approximate surface area is 87.5 Å². The Morgan fingerprint density at radius 3 is 2.50 bits per heavy atom. The smallest absolute Gasteiger partial charge is 0.136 e. The van der Waals surface area contributed by atoms with E-state index < -0.39 is 0 Å². The molecule has 0 N–H and O–H groups in total. The molecule has 0 aliphatic rings. The van der Waals surface area contributed by atoms with E-state index in [1.807, 2.05) is 13.8 Å². The molecule has 0 bridgehead atoms. The van der Waals surface area contributed by atoms with Crippen LogP contribution in [0, 0.1) is 5.82 Å². The molecule has 1 heterocycles. The van der Waals surface area contributed by atoms with E-state index in [2.05, 4.69) is 4.98 Å². The maximum Gasteiger partial charge on any atom is 0.136 e. The van der Waals surface area contributed by atoms with Gasteiger partial charge < -0.3 is 0 Å². The van der Waals surface area contributed by atoms with Crippen LogP contribution in [0.4, 0.5) is 4.39 Å². The van der Waals surface area contributed by atoms with Crippen molar-refractivity contribution < 1.29 is 4.39 Å². The minimum absolute atomic E-state index is 0.267. The zero-order chi connectivity index (χ0) is 10.6. The monoisotopic (exact) mass is 211 g/mol. The highest BCUT2D eigenvalue weighted by Crippen LogP contribution is 2.22. The van der Waals surface area contributed by atoms with Crippen molar-refractivity contribution in [3.8, 4) is 0 Å². The largest absolute Gasteiger partial charge is 0.244 e. The van der Waals surface area contributed by atoms with Crippen LogP contribution >= 0.6 is 11.6 Å². The first-order valence-corrected chi connectivity index (χ1v) is 4.85. The molecule has 0 amide bonds. The predicted molar refractivity (Wildman–Crippen MR) is 58.1 cm³/mol. The summed E-state index contributed by atoms with van der Waals surface area (Å²) in [6.07, 6.45) is 1.49. The summed E-state index contributed by atoms with van der Waals surface area (Å²) in [5.41, 5.74) is 0. The Morgan fingerprint density at radius 2 is 1.86 bits per heavy atom. The van der Waals surface area contributed by atoms with E-state index in [0.717, 1.165) is 0 Å². The first-order chi connectivity index (χ1) is 6.79. The van der Waals surface area contributed by atoms with Crippen LogP contribution in [0.2, 0.25) is 5.15 Å². The van der Waals surface area contributed by atoms with E-state index >= 15 is 0 Å². The number of aromatic nitrogens is 1. The number of fused-ring (bicyclic) bond motifs is 1. The van der Waals surface area contributed by atoms with Gasteiger partial charge >= 0.3 is 0 Å². The fourth-order valence-corrected chi connectivity index (χ4v) is 1.35. The standard InChI is InChI=1S/C9H5ClFN.C2H6/c10-9-7-2-1-3-8(11)6(7)4-5-12-9;1-2/h1-5H;1-2H3. The zero-order valence-corrected chi connectivity index (χ0v) is 8.85. The maximum atomic E-state index is 13.1. The molecule has 2 aromatic rings. The summed E-state index contributed by atoms with van der Waals surface area (Å²) in [4.78, 5) is 3.85. The van der Waals surface area contributed by atoms with Crippen molar-refractivity contribution in [3.63, 3.8) is 0 Å². The maximum absolute atomic E-state index is 13.1. The Hall–Kier alpha value is -1.15. The lowest BCUT2D eigenvalue weighted by Crippen LogP contribution is -1.81. The number of benzene rings is 1. The van der Waals surface area contributed by atoms with E-state index in [9.17, 15) is 4.39 Å². The van der Waals surface area contributed by atoms with Crippen molar-refractivity contribution in [1.29, 1.82) is 0 Å². The van der Waals surface area contributed by atoms with E-state index in [-0.39, 0.29) is 5.82 Å². The number of nitrogens with zero attached hydrogens (tertiary/aromatic N) is 1. The summed E-state index contributed by atoms with van der Waals surface area (Å²) in [7, 11) is 0. The minimum atomic E-state index is -0.267. The molecule has 2 rings (SSSR count). The number of rotatable bonds is 0. The van der Waals surface area contributed by atoms with Gasteiger partial charge in [-0.1, -0.05) is 37.6 Å². The van der Waals surface area contributed by atoms with Crippen molar-refractivity contribution >= 4 is 22.4 Å². The Kier molecular flexibility index (Phi) is 3.84. The second-order valence-corrected chi connectivity index (χ2v) is 2.79. The van der Waals surface area contributed by atoms with Crippen LogP contribution in [0.5, 0.6) is 0 Å². The molecular formula is C11H11ClFN. The molecule has 0 aliphatic heterocycles. The summed E-state index contributed by atoms with van der Waals surface area (Å²) in [5, 5.41) is 1.50. The lowest BCUT2D eigenvalue weighted by atomic mass is 10.2. The van der Waals surface area contributed by atoms with E-state index in [1.54, 1.807) is 18.2 Å². The van der Waals surface area contributed by atoms with Crippen molar-refractivity contribution in [2.45, 2.75) is 13.8 Å². The van der Waals surface area contributed by atoms with Gasteiger partial charge in [0.15, 0.2) is 0 Å². The van der Waals surface area contributed by atoms with Gasteiger partial charge in [-0.15, -0.1) is 0 Å². The van der Waals surface area contributed by atoms with Crippen LogP contribution in [0.15, 0.2) is 30.5 Å². The SMILES string of the molecule is CC.Fc1cccc2c(Cl)nccc12. The summed E-state index contributed by atoms with van der Waals surface area (Å²) in [6.45, 7) is 4.00. The van der Waals surface area contributed by atoms with E-state index in [0.29, 0.717) is 15.9 Å². The quantitative estimate of drug-likeness (QED) is 0.599. The van der Waals surface area contributed by atoms with Gasteiger partial charge in [-0.25, -0.2) is 9.37 Å². The third-order valence-electron chi connectivity index (χ3n) is 1.70. The topological polar surface area (TPSA) is 12.9 Å². The van der Waals surface area contributed by atoms with Crippen molar-refractivity contribution in [2.75, 3.05) is 0 Å². The lowest BCUT2D eigenvalue weighted by molar-refractivity contribution is 0.640. The summed E-state index contributed by atoms with van der Waals surface area (Å²) >= 11 is 5.75. The molecule has 0 atom stereocenters. The van der Waals surface area contributed by atoms with Gasteiger partial charge in [-0.3, -0.25) is 0 Å². The minimum Gasteiger partial charge on any atom is -0.244 e. The van der Waals surface area contributed by atoms with Gasteiger partial charge in [0.2, 0.25) is 0 Å². The molecule has 1 aromatic carbocycles. The number of hydrogen-bond acceptors (Lipinski definition) is 1. The van der Waals surface area contributed by atoms with Gasteiger partial charge in [0.25, 0.3) is 0 Å². The zero-order valence-electron chi connectivity index (χ0n) is 8.09. The molecule has 14 heavy (non-hydrogen) atoms. The van der Waals surface area contributed by atoms with Crippen molar-refractivity contribution in [3.05, 3.63) is 41.4 Å². The molecule has 0 saturated carbocycles. The fourth-order valence-electron chi connectivity index (χ4n) is 1.13. The second kappa shape index (κ2) is 4.91. The van der Waals surface area contributed by atoms with Gasteiger partial charge in [0, 0.05) is 17.0 Å². The average Bonchev–Trinajstić information content (AvgIpc) is 2.23. The molecule has 0 spiro atoms. The van der Waals surface area contributed by atoms with E-state index in [4.69, 9.17) is 11.6 Å². The highest BCUT2D eigenvalue weighted by atomic mass is 35.5. The summed E-state index contributed by atoms with van der Waals surface area (Å²) in [5.74, 6) is -0.267. The normalized spacial score (nSPS) is 9.43. The average molecular weight is 212 g/mol. The molecule has 0 radical (unpaired) electrons. The lowest BCUT2D eigenvalue weighted by Gasteiger charge is -1.98. The van der Waals surface area contributed by atoms with Gasteiger partial charge in [0.05, 0.1) is 0 Å². The summed E-state index contributed by atoms with van der Waals surface area (Å²) < 4.78 is 13.1. The van der Waals surface area contributed by atoms with Crippen LogP contribution in [0.1, 0.15) is 13.8 Å². The van der Waals surface area contributed by atoms with Gasteiger partial charge in [0.1, 0.15) is 11.0 Å². The predicted octanol–water partition coefficient (Wildman–Crippen LogP) is 4.05. The van der Waals surface area contributed by atoms with Crippen LogP contribution in [-0.2, 0) is 0 Å². The Morgan fingerprint density at radius 1 is 1.14 bits per heavy atom. The number of hydrogen-bond donors (Lipinski definition) is 0. The Balaban J connectivity index is 0.000000461. The molecule has 1 aromatic heterocycles.